The van der Waals surface area contributed by atoms with Crippen LogP contribution >= 0.6 is 0 Å². The van der Waals surface area contributed by atoms with E-state index in [0.717, 1.165) is 50.0 Å². The molecule has 4 N–H and O–H groups in total. The van der Waals surface area contributed by atoms with Gasteiger partial charge in [0.05, 0.1) is 20.3 Å². The molecule has 1 saturated heterocycles. The van der Waals surface area contributed by atoms with E-state index in [2.05, 4.69) is 19.1 Å². The van der Waals surface area contributed by atoms with Crippen LogP contribution in [0.1, 0.15) is 56.1 Å². The molecular formula is C26H36O9. The zero-order chi connectivity index (χ0) is 25.1. The Hall–Kier alpha value is -1.91. The minimum atomic E-state index is -1.72. The number of rotatable bonds is 5. The predicted molar refractivity (Wildman–Crippen MR) is 123 cm³/mol. The molecule has 0 radical (unpaired) electrons. The van der Waals surface area contributed by atoms with Gasteiger partial charge in [0.15, 0.2) is 23.9 Å². The van der Waals surface area contributed by atoms with Crippen LogP contribution in [0.3, 0.4) is 0 Å². The van der Waals surface area contributed by atoms with Crippen LogP contribution in [0.25, 0.3) is 0 Å². The van der Waals surface area contributed by atoms with Gasteiger partial charge in [0.1, 0.15) is 18.3 Å². The Morgan fingerprint density at radius 2 is 1.71 bits per heavy atom. The topological polar surface area (TPSA) is 135 Å². The molecule has 194 valence electrons. The zero-order valence-corrected chi connectivity index (χ0v) is 20.4. The van der Waals surface area contributed by atoms with E-state index in [1.807, 2.05) is 0 Å². The third-order valence-corrected chi connectivity index (χ3v) is 9.25. The molecule has 0 unspecified atom stereocenters. The lowest BCUT2D eigenvalue weighted by Gasteiger charge is -2.51. The van der Waals surface area contributed by atoms with Crippen LogP contribution in [0, 0.1) is 17.3 Å². The van der Waals surface area contributed by atoms with Crippen molar-refractivity contribution in [2.45, 2.75) is 88.2 Å². The summed E-state index contributed by atoms with van der Waals surface area (Å²) in [7, 11) is 3.32. The van der Waals surface area contributed by atoms with E-state index in [4.69, 9.17) is 18.9 Å². The van der Waals surface area contributed by atoms with Crippen LogP contribution in [-0.4, -0.2) is 77.4 Å². The van der Waals surface area contributed by atoms with E-state index >= 15 is 0 Å². The second-order valence-electron chi connectivity index (χ2n) is 10.8. The fourth-order valence-electron chi connectivity index (χ4n) is 7.40. The molecule has 0 aromatic heterocycles. The molecule has 0 bridgehead atoms. The molecule has 1 aliphatic heterocycles. The monoisotopic (exact) mass is 492 g/mol. The molecule has 35 heavy (non-hydrogen) atoms. The van der Waals surface area contributed by atoms with Gasteiger partial charge >= 0.3 is 5.97 Å². The van der Waals surface area contributed by atoms with Gasteiger partial charge in [0.25, 0.3) is 0 Å². The highest BCUT2D eigenvalue weighted by atomic mass is 16.7. The summed E-state index contributed by atoms with van der Waals surface area (Å²) < 4.78 is 22.7. The Kier molecular flexibility index (Phi) is 6.51. The van der Waals surface area contributed by atoms with E-state index in [0.29, 0.717) is 17.8 Å². The number of ether oxygens (including phenoxy) is 4. The number of fused-ring (bicyclic) bond motifs is 5. The van der Waals surface area contributed by atoms with Crippen molar-refractivity contribution in [1.29, 1.82) is 0 Å². The molecule has 1 heterocycles. The average Bonchev–Trinajstić information content (AvgIpc) is 3.18. The van der Waals surface area contributed by atoms with E-state index in [9.17, 15) is 25.2 Å². The van der Waals surface area contributed by atoms with Gasteiger partial charge in [-0.25, -0.2) is 4.79 Å². The third-order valence-electron chi connectivity index (χ3n) is 9.25. The lowest BCUT2D eigenvalue weighted by molar-refractivity contribution is -0.312. The van der Waals surface area contributed by atoms with Crippen molar-refractivity contribution in [2.24, 2.45) is 17.3 Å². The normalized spacial score (nSPS) is 42.5. The van der Waals surface area contributed by atoms with E-state index in [1.165, 1.54) is 11.1 Å². The molecule has 1 aromatic carbocycles. The largest absolute Gasteiger partial charge is 0.493 e. The first-order chi connectivity index (χ1) is 16.7. The number of aliphatic hydroxyl groups excluding tert-OH is 3. The van der Waals surface area contributed by atoms with Gasteiger partial charge < -0.3 is 39.4 Å². The number of benzene rings is 1. The van der Waals surface area contributed by atoms with Crippen molar-refractivity contribution in [3.05, 3.63) is 23.3 Å². The fourth-order valence-corrected chi connectivity index (χ4v) is 7.40. The average molecular weight is 493 g/mol. The number of carboxylic acid groups (broad SMARTS) is 1. The Morgan fingerprint density at radius 1 is 1.00 bits per heavy atom. The number of aryl methyl sites for hydroxylation is 1. The Balaban J connectivity index is 1.35. The van der Waals surface area contributed by atoms with Crippen LogP contribution in [0.15, 0.2) is 12.1 Å². The lowest BCUT2D eigenvalue weighted by Crippen LogP contribution is -2.61. The number of hydrogen-bond acceptors (Lipinski definition) is 8. The highest BCUT2D eigenvalue weighted by Crippen LogP contribution is 2.62. The molecule has 0 amide bonds. The summed E-state index contributed by atoms with van der Waals surface area (Å²) in [5.74, 6) is 1.45. The van der Waals surface area contributed by atoms with Crippen LogP contribution in [0.4, 0.5) is 0 Å². The molecular weight excluding hydrogens is 456 g/mol. The first-order valence-electron chi connectivity index (χ1n) is 12.5. The second kappa shape index (κ2) is 9.19. The number of hydrogen-bond donors (Lipinski definition) is 4. The van der Waals surface area contributed by atoms with Gasteiger partial charge in [-0.15, -0.1) is 0 Å². The summed E-state index contributed by atoms with van der Waals surface area (Å²) in [5, 5.41) is 40.0. The molecule has 1 aromatic rings. The number of carboxylic acids is 1. The van der Waals surface area contributed by atoms with Gasteiger partial charge in [-0.3, -0.25) is 0 Å². The molecule has 9 heteroatoms. The van der Waals surface area contributed by atoms with Gasteiger partial charge in [-0.05, 0) is 85.0 Å². The van der Waals surface area contributed by atoms with Gasteiger partial charge in [-0.2, -0.15) is 0 Å². The molecule has 9 nitrogen and oxygen atoms in total. The fraction of sp³-hybridized carbons (Fsp3) is 0.731. The van der Waals surface area contributed by atoms with Crippen molar-refractivity contribution < 1.29 is 44.2 Å². The maximum atomic E-state index is 11.5. The van der Waals surface area contributed by atoms with E-state index in [1.54, 1.807) is 14.2 Å². The second-order valence-corrected chi connectivity index (χ2v) is 10.8. The van der Waals surface area contributed by atoms with E-state index < -0.39 is 36.7 Å². The van der Waals surface area contributed by atoms with Crippen molar-refractivity contribution in [3.8, 4) is 11.5 Å². The maximum Gasteiger partial charge on any atom is 0.335 e. The number of methoxy groups -OCH3 is 2. The van der Waals surface area contributed by atoms with E-state index in [-0.39, 0.29) is 11.5 Å². The molecule has 0 spiro atoms. The standard InChI is InChI=1S/C26H36O9/c1-26-9-8-13-14(5-4-12-10-17(32-2)18(33-3)11-15(12)13)16(26)6-7-19(26)34-25-22(29)20(27)21(28)23(35-25)24(30)31/h10-11,13-14,16,19-23,25,27-29H,4-9H2,1-3H3,(H,30,31)/t13-,14+,16-,19-,20-,21-,22+,23-,25-,26-/m0/s1. The van der Waals surface area contributed by atoms with Crippen molar-refractivity contribution >= 4 is 5.97 Å². The first kappa shape index (κ1) is 24.8. The number of carbonyl (C=O) groups is 1. The summed E-state index contributed by atoms with van der Waals surface area (Å²) in [5.41, 5.74) is 2.51. The van der Waals surface area contributed by atoms with Crippen molar-refractivity contribution in [1.82, 2.24) is 0 Å². The van der Waals surface area contributed by atoms with Crippen molar-refractivity contribution in [3.63, 3.8) is 0 Å². The molecule has 2 saturated carbocycles. The van der Waals surface area contributed by atoms with Crippen LogP contribution in [-0.2, 0) is 20.7 Å². The summed E-state index contributed by atoms with van der Waals surface area (Å²) in [6, 6.07) is 4.25. The molecule has 3 fully saturated rings. The van der Waals surface area contributed by atoms with Crippen LogP contribution in [0.5, 0.6) is 11.5 Å². The first-order valence-corrected chi connectivity index (χ1v) is 12.5. The SMILES string of the molecule is COc1cc2c(cc1OC)[C@H]1CC[C@]3(C)[C@@H](O[C@H]4O[C@H](C(=O)O)[C@@H](O)[C@H](O)[C@H]4O)CC[C@H]3[C@@H]1CC2. The minimum absolute atomic E-state index is 0.155. The quantitative estimate of drug-likeness (QED) is 0.486. The molecule has 5 rings (SSSR count). The summed E-state index contributed by atoms with van der Waals surface area (Å²) in [6.07, 6.45) is -2.38. The lowest BCUT2D eigenvalue weighted by atomic mass is 9.55. The van der Waals surface area contributed by atoms with Crippen molar-refractivity contribution in [2.75, 3.05) is 14.2 Å². The Bertz CT molecular complexity index is 966. The summed E-state index contributed by atoms with van der Waals surface area (Å²) in [4.78, 5) is 11.5. The smallest absolute Gasteiger partial charge is 0.335 e. The summed E-state index contributed by atoms with van der Waals surface area (Å²) >= 11 is 0. The van der Waals surface area contributed by atoms with Gasteiger partial charge in [0, 0.05) is 0 Å². The number of aliphatic hydroxyl groups is 3. The Morgan fingerprint density at radius 3 is 2.40 bits per heavy atom. The number of aliphatic carboxylic acids is 1. The Labute approximate surface area is 204 Å². The third kappa shape index (κ3) is 3.92. The highest BCUT2D eigenvalue weighted by Gasteiger charge is 2.57. The zero-order valence-electron chi connectivity index (χ0n) is 20.4. The predicted octanol–water partition coefficient (Wildman–Crippen LogP) is 1.84. The molecule has 10 atom stereocenters. The van der Waals surface area contributed by atoms with Gasteiger partial charge in [-0.1, -0.05) is 6.92 Å². The molecule has 3 aliphatic carbocycles. The highest BCUT2D eigenvalue weighted by molar-refractivity contribution is 5.73. The van der Waals surface area contributed by atoms with Crippen LogP contribution < -0.4 is 9.47 Å². The van der Waals surface area contributed by atoms with Gasteiger partial charge in [0.2, 0.25) is 0 Å². The maximum absolute atomic E-state index is 11.5. The van der Waals surface area contributed by atoms with Crippen LogP contribution in [0.2, 0.25) is 0 Å². The molecule has 4 aliphatic rings. The minimum Gasteiger partial charge on any atom is -0.493 e. The summed E-state index contributed by atoms with van der Waals surface area (Å²) in [6.45, 7) is 2.23.